The number of hydrogen-bond acceptors (Lipinski definition) is 4. The fraction of sp³-hybridized carbons (Fsp3) is 0.800. The predicted molar refractivity (Wildman–Crippen MR) is 78.1 cm³/mol. The molecule has 1 aliphatic carbocycles. The molecular weight excluding hydrogens is 252 g/mol. The lowest BCUT2D eigenvalue weighted by Crippen LogP contribution is -2.45. The first-order valence-electron chi connectivity index (χ1n) is 7.94. The summed E-state index contributed by atoms with van der Waals surface area (Å²) >= 11 is 0. The van der Waals surface area contributed by atoms with Crippen LogP contribution in [0.1, 0.15) is 50.3 Å². The lowest BCUT2D eigenvalue weighted by molar-refractivity contribution is 0.0391. The number of nitrogens with two attached hydrogens (primary N) is 1. The summed E-state index contributed by atoms with van der Waals surface area (Å²) in [7, 11) is 0. The molecule has 0 amide bonds. The highest BCUT2D eigenvalue weighted by atomic mass is 16.5. The van der Waals surface area contributed by atoms with Crippen LogP contribution in [0.4, 0.5) is 0 Å². The largest absolute Gasteiger partial charge is 0.381 e. The van der Waals surface area contributed by atoms with Gasteiger partial charge in [0.2, 0.25) is 0 Å². The molecule has 3 N–H and O–H groups in total. The molecule has 1 aromatic rings. The van der Waals surface area contributed by atoms with Crippen molar-refractivity contribution < 1.29 is 4.74 Å². The topological polar surface area (TPSA) is 65.1 Å². The van der Waals surface area contributed by atoms with Crippen LogP contribution in [0.2, 0.25) is 0 Å². The number of nitrogens with zero attached hydrogens (tertiary/aromatic N) is 2. The summed E-state index contributed by atoms with van der Waals surface area (Å²) in [5.74, 6) is 6.25. The minimum atomic E-state index is 0.266. The van der Waals surface area contributed by atoms with Crippen molar-refractivity contribution in [3.05, 3.63) is 18.0 Å². The molecule has 2 fully saturated rings. The van der Waals surface area contributed by atoms with Crippen molar-refractivity contribution in [1.82, 2.24) is 15.2 Å². The highest BCUT2D eigenvalue weighted by Crippen LogP contribution is 2.29. The molecule has 0 spiro atoms. The summed E-state index contributed by atoms with van der Waals surface area (Å²) in [6.45, 7) is 1.71. The lowest BCUT2D eigenvalue weighted by Gasteiger charge is -2.29. The predicted octanol–water partition coefficient (Wildman–Crippen LogP) is 1.80. The van der Waals surface area contributed by atoms with Gasteiger partial charge >= 0.3 is 0 Å². The maximum atomic E-state index is 5.74. The number of nitrogens with one attached hydrogen (secondary N) is 1. The van der Waals surface area contributed by atoms with Crippen molar-refractivity contribution in [2.24, 2.45) is 11.8 Å². The van der Waals surface area contributed by atoms with Gasteiger partial charge in [-0.15, -0.1) is 0 Å². The van der Waals surface area contributed by atoms with Crippen LogP contribution in [-0.2, 0) is 11.2 Å². The Labute approximate surface area is 120 Å². The van der Waals surface area contributed by atoms with E-state index < -0.39 is 0 Å². The normalized spacial score (nSPS) is 25.9. The molecule has 0 bridgehead atoms. The summed E-state index contributed by atoms with van der Waals surface area (Å²) in [5.41, 5.74) is 4.11. The Morgan fingerprint density at radius 3 is 2.90 bits per heavy atom. The molecule has 112 valence electrons. The maximum Gasteiger partial charge on any atom is 0.0640 e. The lowest BCUT2D eigenvalue weighted by atomic mass is 9.91. The highest BCUT2D eigenvalue weighted by molar-refractivity contribution is 5.03. The van der Waals surface area contributed by atoms with Gasteiger partial charge in [0.15, 0.2) is 0 Å². The summed E-state index contributed by atoms with van der Waals surface area (Å²) < 4.78 is 7.73. The molecule has 2 heterocycles. The zero-order chi connectivity index (χ0) is 13.8. The first-order valence-corrected chi connectivity index (χ1v) is 7.94. The number of aromatic nitrogens is 2. The summed E-state index contributed by atoms with van der Waals surface area (Å²) in [6, 6.07) is 3.03. The average Bonchev–Trinajstić information content (AvgIpc) is 3.16. The third kappa shape index (κ3) is 3.22. The third-order valence-electron chi connectivity index (χ3n) is 4.77. The monoisotopic (exact) mass is 278 g/mol. The van der Waals surface area contributed by atoms with Gasteiger partial charge in [0.25, 0.3) is 0 Å². The van der Waals surface area contributed by atoms with Crippen LogP contribution in [0, 0.1) is 5.92 Å². The van der Waals surface area contributed by atoms with E-state index in [0.717, 1.165) is 31.7 Å². The van der Waals surface area contributed by atoms with Gasteiger partial charge in [-0.3, -0.25) is 16.0 Å². The second-order valence-electron chi connectivity index (χ2n) is 6.18. The Kier molecular flexibility index (Phi) is 4.70. The SMILES string of the molecule is NNC(Cc1ccn(C2CCCC2)n1)C1CCCOC1. The standard InChI is InChI=1S/C15H26N4O/c16-17-15(12-4-3-9-20-11-12)10-13-7-8-19(18-13)14-5-1-2-6-14/h7-8,12,14-15,17H,1-6,9-11,16H2. The van der Waals surface area contributed by atoms with E-state index in [9.17, 15) is 0 Å². The first-order chi connectivity index (χ1) is 9.86. The van der Waals surface area contributed by atoms with Crippen LogP contribution < -0.4 is 11.3 Å². The number of rotatable bonds is 5. The molecule has 5 heteroatoms. The van der Waals surface area contributed by atoms with Crippen molar-refractivity contribution in [2.45, 2.75) is 57.0 Å². The number of hydrazine groups is 1. The van der Waals surface area contributed by atoms with E-state index >= 15 is 0 Å². The van der Waals surface area contributed by atoms with E-state index in [0.29, 0.717) is 12.0 Å². The maximum absolute atomic E-state index is 5.74. The van der Waals surface area contributed by atoms with Crippen LogP contribution in [0.25, 0.3) is 0 Å². The van der Waals surface area contributed by atoms with Crippen molar-refractivity contribution >= 4 is 0 Å². The van der Waals surface area contributed by atoms with E-state index in [4.69, 9.17) is 15.7 Å². The molecule has 1 saturated carbocycles. The molecule has 1 aliphatic heterocycles. The van der Waals surface area contributed by atoms with Gasteiger partial charge < -0.3 is 4.74 Å². The van der Waals surface area contributed by atoms with Gasteiger partial charge in [-0.1, -0.05) is 12.8 Å². The van der Waals surface area contributed by atoms with E-state index in [1.165, 1.54) is 32.1 Å². The highest BCUT2D eigenvalue weighted by Gasteiger charge is 2.25. The van der Waals surface area contributed by atoms with Crippen molar-refractivity contribution in [3.8, 4) is 0 Å². The quantitative estimate of drug-likeness (QED) is 0.637. The molecule has 2 unspecified atom stereocenters. The summed E-state index contributed by atoms with van der Waals surface area (Å²) in [4.78, 5) is 0. The van der Waals surface area contributed by atoms with Gasteiger partial charge in [-0.25, -0.2) is 0 Å². The molecule has 20 heavy (non-hydrogen) atoms. The molecule has 0 radical (unpaired) electrons. The van der Waals surface area contributed by atoms with Gasteiger partial charge in [-0.05, 0) is 37.7 Å². The van der Waals surface area contributed by atoms with Crippen LogP contribution in [0.15, 0.2) is 12.3 Å². The van der Waals surface area contributed by atoms with Gasteiger partial charge in [-0.2, -0.15) is 5.10 Å². The second kappa shape index (κ2) is 6.70. The Morgan fingerprint density at radius 1 is 1.35 bits per heavy atom. The minimum Gasteiger partial charge on any atom is -0.381 e. The van der Waals surface area contributed by atoms with Crippen molar-refractivity contribution in [2.75, 3.05) is 13.2 Å². The van der Waals surface area contributed by atoms with Crippen molar-refractivity contribution in [3.63, 3.8) is 0 Å². The number of hydrogen-bond donors (Lipinski definition) is 2. The number of ether oxygens (including phenoxy) is 1. The van der Waals surface area contributed by atoms with Crippen molar-refractivity contribution in [1.29, 1.82) is 0 Å². The fourth-order valence-electron chi connectivity index (χ4n) is 3.53. The zero-order valence-electron chi connectivity index (χ0n) is 12.1. The molecule has 0 aromatic carbocycles. The van der Waals surface area contributed by atoms with E-state index in [2.05, 4.69) is 22.4 Å². The second-order valence-corrected chi connectivity index (χ2v) is 6.18. The third-order valence-corrected chi connectivity index (χ3v) is 4.77. The van der Waals surface area contributed by atoms with E-state index in [1.54, 1.807) is 0 Å². The van der Waals surface area contributed by atoms with E-state index in [1.807, 2.05) is 0 Å². The summed E-state index contributed by atoms with van der Waals surface area (Å²) in [6.07, 6.45) is 10.6. The molecule has 2 aliphatic rings. The van der Waals surface area contributed by atoms with Crippen LogP contribution in [-0.4, -0.2) is 29.0 Å². The van der Waals surface area contributed by atoms with Gasteiger partial charge in [0.05, 0.1) is 18.3 Å². The van der Waals surface area contributed by atoms with Crippen LogP contribution in [0.5, 0.6) is 0 Å². The average molecular weight is 278 g/mol. The zero-order valence-corrected chi connectivity index (χ0v) is 12.1. The minimum absolute atomic E-state index is 0.266. The molecular formula is C15H26N4O. The smallest absolute Gasteiger partial charge is 0.0640 e. The van der Waals surface area contributed by atoms with Crippen LogP contribution >= 0.6 is 0 Å². The Hall–Kier alpha value is -0.910. The van der Waals surface area contributed by atoms with Gasteiger partial charge in [0, 0.05) is 25.3 Å². The van der Waals surface area contributed by atoms with E-state index in [-0.39, 0.29) is 6.04 Å². The van der Waals surface area contributed by atoms with Crippen LogP contribution in [0.3, 0.4) is 0 Å². The molecule has 1 saturated heterocycles. The molecule has 5 nitrogen and oxygen atoms in total. The molecule has 2 atom stereocenters. The Bertz CT molecular complexity index is 408. The molecule has 3 rings (SSSR count). The first kappa shape index (κ1) is 14.0. The van der Waals surface area contributed by atoms with Gasteiger partial charge in [0.1, 0.15) is 0 Å². The Morgan fingerprint density at radius 2 is 2.20 bits per heavy atom. The molecule has 1 aromatic heterocycles. The summed E-state index contributed by atoms with van der Waals surface area (Å²) in [5, 5.41) is 4.76. The Balaban J connectivity index is 1.60. The fourth-order valence-corrected chi connectivity index (χ4v) is 3.53.